The molecular formula is C24H24N2O2. The maximum atomic E-state index is 12.3. The van der Waals surface area contributed by atoms with Gasteiger partial charge in [-0.1, -0.05) is 54.1 Å². The molecule has 1 aliphatic rings. The van der Waals surface area contributed by atoms with Crippen molar-refractivity contribution in [1.82, 2.24) is 0 Å². The molecule has 0 saturated carbocycles. The molecule has 0 fully saturated rings. The summed E-state index contributed by atoms with van der Waals surface area (Å²) in [5.74, 6) is 0.534. The van der Waals surface area contributed by atoms with E-state index in [1.165, 1.54) is 16.8 Å². The number of benzene rings is 3. The van der Waals surface area contributed by atoms with Crippen LogP contribution in [0.5, 0.6) is 5.75 Å². The first-order valence-electron chi connectivity index (χ1n) is 9.65. The van der Waals surface area contributed by atoms with E-state index in [1.807, 2.05) is 37.3 Å². The molecule has 0 bridgehead atoms. The van der Waals surface area contributed by atoms with Gasteiger partial charge in [-0.15, -0.1) is 0 Å². The molecule has 4 heteroatoms. The molecule has 1 N–H and O–H groups in total. The number of amides is 1. The van der Waals surface area contributed by atoms with E-state index < -0.39 is 6.09 Å². The summed E-state index contributed by atoms with van der Waals surface area (Å²) < 4.78 is 5.38. The first-order valence-corrected chi connectivity index (χ1v) is 9.65. The molecule has 0 radical (unpaired) electrons. The Hall–Kier alpha value is -3.27. The lowest BCUT2D eigenvalue weighted by Gasteiger charge is -2.32. The van der Waals surface area contributed by atoms with Gasteiger partial charge in [0.05, 0.1) is 0 Å². The van der Waals surface area contributed by atoms with Gasteiger partial charge in [-0.25, -0.2) is 4.79 Å². The SMILES string of the molecule is Cc1ccc(OC(=O)Nc2ccc3c(c2)N(Cc2ccccc2)CCC3)cc1. The summed E-state index contributed by atoms with van der Waals surface area (Å²) in [5.41, 5.74) is 5.66. The number of rotatable bonds is 4. The summed E-state index contributed by atoms with van der Waals surface area (Å²) in [4.78, 5) is 14.6. The van der Waals surface area contributed by atoms with Crippen LogP contribution in [-0.4, -0.2) is 12.6 Å². The molecule has 0 unspecified atom stereocenters. The Bertz CT molecular complexity index is 952. The van der Waals surface area contributed by atoms with E-state index in [4.69, 9.17) is 4.74 Å². The molecule has 0 spiro atoms. The molecule has 142 valence electrons. The highest BCUT2D eigenvalue weighted by Crippen LogP contribution is 2.31. The third-order valence-electron chi connectivity index (χ3n) is 4.99. The van der Waals surface area contributed by atoms with Crippen molar-refractivity contribution in [2.24, 2.45) is 0 Å². The van der Waals surface area contributed by atoms with Crippen LogP contribution < -0.4 is 15.0 Å². The number of aryl methyl sites for hydroxylation is 2. The van der Waals surface area contributed by atoms with Crippen LogP contribution in [0.15, 0.2) is 72.8 Å². The van der Waals surface area contributed by atoms with E-state index in [0.29, 0.717) is 5.75 Å². The smallest absolute Gasteiger partial charge is 0.410 e. The topological polar surface area (TPSA) is 41.6 Å². The Morgan fingerprint density at radius 1 is 1.04 bits per heavy atom. The number of carbonyl (C=O) groups is 1. The molecule has 0 atom stereocenters. The maximum Gasteiger partial charge on any atom is 0.417 e. The Labute approximate surface area is 165 Å². The average molecular weight is 372 g/mol. The second kappa shape index (κ2) is 8.17. The van der Waals surface area contributed by atoms with Crippen LogP contribution in [0.2, 0.25) is 0 Å². The van der Waals surface area contributed by atoms with E-state index in [0.717, 1.165) is 37.2 Å². The number of fused-ring (bicyclic) bond motifs is 1. The minimum Gasteiger partial charge on any atom is -0.410 e. The van der Waals surface area contributed by atoms with Crippen LogP contribution in [0.25, 0.3) is 0 Å². The van der Waals surface area contributed by atoms with E-state index in [-0.39, 0.29) is 0 Å². The number of carbonyl (C=O) groups excluding carboxylic acids is 1. The molecule has 1 amide bonds. The summed E-state index contributed by atoms with van der Waals surface area (Å²) in [6.07, 6.45) is 1.73. The van der Waals surface area contributed by atoms with E-state index in [9.17, 15) is 4.79 Å². The molecule has 0 aliphatic carbocycles. The van der Waals surface area contributed by atoms with E-state index in [1.54, 1.807) is 12.1 Å². The zero-order valence-electron chi connectivity index (χ0n) is 16.0. The van der Waals surface area contributed by atoms with Crippen molar-refractivity contribution in [3.05, 3.63) is 89.5 Å². The highest BCUT2D eigenvalue weighted by Gasteiger charge is 2.18. The first-order chi connectivity index (χ1) is 13.7. The first kappa shape index (κ1) is 18.1. The van der Waals surface area contributed by atoms with Gasteiger partial charge < -0.3 is 9.64 Å². The van der Waals surface area contributed by atoms with Crippen molar-refractivity contribution in [1.29, 1.82) is 0 Å². The van der Waals surface area contributed by atoms with Crippen LogP contribution in [-0.2, 0) is 13.0 Å². The lowest BCUT2D eigenvalue weighted by atomic mass is 10.0. The number of hydrogen-bond donors (Lipinski definition) is 1. The molecule has 1 heterocycles. The minimum atomic E-state index is -0.478. The lowest BCUT2D eigenvalue weighted by molar-refractivity contribution is 0.215. The van der Waals surface area contributed by atoms with Crippen molar-refractivity contribution >= 4 is 17.5 Å². The molecule has 4 nitrogen and oxygen atoms in total. The van der Waals surface area contributed by atoms with Gasteiger partial charge in [0.1, 0.15) is 5.75 Å². The molecular weight excluding hydrogens is 348 g/mol. The van der Waals surface area contributed by atoms with E-state index >= 15 is 0 Å². The van der Waals surface area contributed by atoms with Crippen LogP contribution in [0.4, 0.5) is 16.2 Å². The number of anilines is 2. The van der Waals surface area contributed by atoms with E-state index in [2.05, 4.69) is 40.5 Å². The molecule has 3 aromatic rings. The van der Waals surface area contributed by atoms with Gasteiger partial charge in [0, 0.05) is 24.5 Å². The molecule has 0 saturated heterocycles. The van der Waals surface area contributed by atoms with Gasteiger partial charge >= 0.3 is 6.09 Å². The Kier molecular flexibility index (Phi) is 5.29. The van der Waals surface area contributed by atoms with Crippen LogP contribution in [0.3, 0.4) is 0 Å². The largest absolute Gasteiger partial charge is 0.417 e. The van der Waals surface area contributed by atoms with Crippen molar-refractivity contribution in [2.75, 3.05) is 16.8 Å². The lowest BCUT2D eigenvalue weighted by Crippen LogP contribution is -2.29. The van der Waals surface area contributed by atoms with Crippen LogP contribution in [0, 0.1) is 6.92 Å². The second-order valence-electron chi connectivity index (χ2n) is 7.18. The number of hydrogen-bond acceptors (Lipinski definition) is 3. The minimum absolute atomic E-state index is 0.478. The van der Waals surface area contributed by atoms with Gasteiger partial charge in [-0.05, 0) is 55.2 Å². The zero-order chi connectivity index (χ0) is 19.3. The van der Waals surface area contributed by atoms with Crippen molar-refractivity contribution in [2.45, 2.75) is 26.3 Å². The highest BCUT2D eigenvalue weighted by atomic mass is 16.6. The molecule has 3 aromatic carbocycles. The van der Waals surface area contributed by atoms with Gasteiger partial charge in [-0.2, -0.15) is 0 Å². The maximum absolute atomic E-state index is 12.3. The van der Waals surface area contributed by atoms with Gasteiger partial charge in [-0.3, -0.25) is 5.32 Å². The quantitative estimate of drug-likeness (QED) is 0.652. The molecule has 4 rings (SSSR count). The Morgan fingerprint density at radius 3 is 2.61 bits per heavy atom. The van der Waals surface area contributed by atoms with Gasteiger partial charge in [0.25, 0.3) is 0 Å². The summed E-state index contributed by atoms with van der Waals surface area (Å²) in [7, 11) is 0. The predicted molar refractivity (Wildman–Crippen MR) is 113 cm³/mol. The normalized spacial score (nSPS) is 13.0. The Balaban J connectivity index is 1.48. The third-order valence-corrected chi connectivity index (χ3v) is 4.99. The number of ether oxygens (including phenoxy) is 1. The molecule has 1 aliphatic heterocycles. The standard InChI is InChI=1S/C24H24N2O2/c1-18-9-13-22(14-10-18)28-24(27)25-21-12-11-20-8-5-15-26(23(20)16-21)17-19-6-3-2-4-7-19/h2-4,6-7,9-14,16H,5,8,15,17H2,1H3,(H,25,27). The van der Waals surface area contributed by atoms with Crippen molar-refractivity contribution < 1.29 is 9.53 Å². The fourth-order valence-electron chi connectivity index (χ4n) is 3.55. The summed E-state index contributed by atoms with van der Waals surface area (Å²) in [5, 5.41) is 2.85. The predicted octanol–water partition coefficient (Wildman–Crippen LogP) is 5.56. The fraction of sp³-hybridized carbons (Fsp3) is 0.208. The summed E-state index contributed by atoms with van der Waals surface area (Å²) in [6, 6.07) is 24.0. The summed E-state index contributed by atoms with van der Waals surface area (Å²) >= 11 is 0. The second-order valence-corrected chi connectivity index (χ2v) is 7.18. The molecule has 28 heavy (non-hydrogen) atoms. The summed E-state index contributed by atoms with van der Waals surface area (Å²) in [6.45, 7) is 3.88. The highest BCUT2D eigenvalue weighted by molar-refractivity contribution is 5.87. The monoisotopic (exact) mass is 372 g/mol. The van der Waals surface area contributed by atoms with Gasteiger partial charge in [0.2, 0.25) is 0 Å². The van der Waals surface area contributed by atoms with Crippen molar-refractivity contribution in [3.63, 3.8) is 0 Å². The number of nitrogens with zero attached hydrogens (tertiary/aromatic N) is 1. The zero-order valence-corrected chi connectivity index (χ0v) is 16.0. The molecule has 0 aromatic heterocycles. The fourth-order valence-corrected chi connectivity index (χ4v) is 3.55. The third kappa shape index (κ3) is 4.34. The number of nitrogens with one attached hydrogen (secondary N) is 1. The van der Waals surface area contributed by atoms with Crippen molar-refractivity contribution in [3.8, 4) is 5.75 Å². The van der Waals surface area contributed by atoms with Crippen LogP contribution in [0.1, 0.15) is 23.1 Å². The van der Waals surface area contributed by atoms with Gasteiger partial charge in [0.15, 0.2) is 0 Å². The van der Waals surface area contributed by atoms with Crippen LogP contribution >= 0.6 is 0 Å². The average Bonchev–Trinajstić information content (AvgIpc) is 2.71. The Morgan fingerprint density at radius 2 is 1.82 bits per heavy atom.